The van der Waals surface area contributed by atoms with Crippen molar-refractivity contribution in [3.8, 4) is 0 Å². The molecule has 0 radical (unpaired) electrons. The second kappa shape index (κ2) is 6.43. The normalized spacial score (nSPS) is 11.6. The third kappa shape index (κ3) is 3.88. The van der Waals surface area contributed by atoms with Gasteiger partial charge in [0.05, 0.1) is 0 Å². The molecule has 0 saturated carbocycles. The lowest BCUT2D eigenvalue weighted by atomic mass is 9.94. The Morgan fingerprint density at radius 3 is 2.12 bits per heavy atom. The van der Waals surface area contributed by atoms with Crippen LogP contribution in [-0.2, 0) is 6.42 Å². The van der Waals surface area contributed by atoms with Crippen molar-refractivity contribution in [2.45, 2.75) is 19.3 Å². The smallest absolute Gasteiger partial charge is 0.0406 e. The van der Waals surface area contributed by atoms with Crippen LogP contribution in [0.5, 0.6) is 0 Å². The maximum atomic E-state index is 5.88. The van der Waals surface area contributed by atoms with E-state index in [1.54, 1.807) is 0 Å². The van der Waals surface area contributed by atoms with Crippen molar-refractivity contribution in [3.63, 3.8) is 0 Å². The van der Waals surface area contributed by atoms with Gasteiger partial charge in [0.2, 0.25) is 0 Å². The molecule has 1 unspecified atom stereocenters. The van der Waals surface area contributed by atoms with E-state index in [-0.39, 0.29) is 6.15 Å². The van der Waals surface area contributed by atoms with Crippen molar-refractivity contribution < 1.29 is 0 Å². The quantitative estimate of drug-likeness (QED) is 0.827. The molecule has 0 aliphatic heterocycles. The van der Waals surface area contributed by atoms with E-state index in [0.29, 0.717) is 5.92 Å². The standard InChI is InChI=1S/C15H15Cl.H3N/c1-12(11-13-5-3-2-4-6-13)14-7-9-15(16)10-8-14;/h2-10,12H,11H2,1H3;1H3. The summed E-state index contributed by atoms with van der Waals surface area (Å²) in [4.78, 5) is 0. The molecule has 3 N–H and O–H groups in total. The van der Waals surface area contributed by atoms with Crippen molar-refractivity contribution in [1.82, 2.24) is 6.15 Å². The monoisotopic (exact) mass is 247 g/mol. The molecule has 17 heavy (non-hydrogen) atoms. The minimum absolute atomic E-state index is 0. The summed E-state index contributed by atoms with van der Waals surface area (Å²) < 4.78 is 0. The van der Waals surface area contributed by atoms with Gasteiger partial charge in [-0.05, 0) is 35.6 Å². The maximum Gasteiger partial charge on any atom is 0.0406 e. The van der Waals surface area contributed by atoms with Gasteiger partial charge in [-0.2, -0.15) is 0 Å². The summed E-state index contributed by atoms with van der Waals surface area (Å²) in [5.41, 5.74) is 2.72. The number of halogens is 1. The zero-order chi connectivity index (χ0) is 11.4. The van der Waals surface area contributed by atoms with E-state index >= 15 is 0 Å². The average molecular weight is 248 g/mol. The van der Waals surface area contributed by atoms with Crippen molar-refractivity contribution in [3.05, 3.63) is 70.7 Å². The number of benzene rings is 2. The van der Waals surface area contributed by atoms with Gasteiger partial charge in [-0.1, -0.05) is 61.0 Å². The van der Waals surface area contributed by atoms with Gasteiger partial charge in [0, 0.05) is 5.02 Å². The van der Waals surface area contributed by atoms with Gasteiger partial charge in [0.1, 0.15) is 0 Å². The van der Waals surface area contributed by atoms with Gasteiger partial charge in [0.25, 0.3) is 0 Å². The summed E-state index contributed by atoms with van der Waals surface area (Å²) in [5, 5.41) is 0.802. The average Bonchev–Trinajstić information content (AvgIpc) is 2.31. The second-order valence-corrected chi connectivity index (χ2v) is 4.58. The van der Waals surface area contributed by atoms with Gasteiger partial charge in [0.15, 0.2) is 0 Å². The Labute approximate surface area is 108 Å². The van der Waals surface area contributed by atoms with Crippen LogP contribution in [-0.4, -0.2) is 0 Å². The molecule has 2 rings (SSSR count). The van der Waals surface area contributed by atoms with Crippen molar-refractivity contribution in [2.24, 2.45) is 0 Å². The molecule has 0 aromatic heterocycles. The highest BCUT2D eigenvalue weighted by atomic mass is 35.5. The first-order chi connectivity index (χ1) is 7.75. The highest BCUT2D eigenvalue weighted by Crippen LogP contribution is 2.21. The zero-order valence-corrected chi connectivity index (χ0v) is 10.8. The fourth-order valence-corrected chi connectivity index (χ4v) is 2.00. The molecule has 0 amide bonds. The Morgan fingerprint density at radius 1 is 0.941 bits per heavy atom. The zero-order valence-electron chi connectivity index (χ0n) is 10.1. The Hall–Kier alpha value is -1.31. The third-order valence-electron chi connectivity index (χ3n) is 2.82. The lowest BCUT2D eigenvalue weighted by Gasteiger charge is -2.11. The van der Waals surface area contributed by atoms with Gasteiger partial charge < -0.3 is 6.15 Å². The number of rotatable bonds is 3. The van der Waals surface area contributed by atoms with Gasteiger partial charge in [-0.15, -0.1) is 0 Å². The minimum atomic E-state index is 0. The molecule has 1 nitrogen and oxygen atoms in total. The van der Waals surface area contributed by atoms with E-state index in [2.05, 4.69) is 49.4 Å². The lowest BCUT2D eigenvalue weighted by molar-refractivity contribution is 0.759. The Balaban J connectivity index is 0.00000144. The molecule has 0 spiro atoms. The molecule has 90 valence electrons. The fraction of sp³-hybridized carbons (Fsp3) is 0.200. The molecule has 0 aliphatic rings. The number of hydrogen-bond acceptors (Lipinski definition) is 1. The molecule has 0 fully saturated rings. The molecular formula is C15H18ClN. The molecule has 2 heteroatoms. The predicted molar refractivity (Wildman–Crippen MR) is 75.0 cm³/mol. The summed E-state index contributed by atoms with van der Waals surface area (Å²) in [5.74, 6) is 0.527. The van der Waals surface area contributed by atoms with E-state index in [0.717, 1.165) is 11.4 Å². The van der Waals surface area contributed by atoms with Crippen LogP contribution in [0.3, 0.4) is 0 Å². The number of hydrogen-bond donors (Lipinski definition) is 1. The topological polar surface area (TPSA) is 35.0 Å². The first-order valence-corrected chi connectivity index (χ1v) is 5.93. The van der Waals surface area contributed by atoms with Crippen LogP contribution in [0.15, 0.2) is 54.6 Å². The molecular weight excluding hydrogens is 230 g/mol. The van der Waals surface area contributed by atoms with Crippen molar-refractivity contribution >= 4 is 11.6 Å². The molecule has 2 aromatic rings. The van der Waals surface area contributed by atoms with Gasteiger partial charge in [-0.3, -0.25) is 0 Å². The van der Waals surface area contributed by atoms with Gasteiger partial charge >= 0.3 is 0 Å². The Kier molecular flexibility index (Phi) is 5.20. The molecule has 1 atom stereocenters. The van der Waals surface area contributed by atoms with E-state index in [9.17, 15) is 0 Å². The summed E-state index contributed by atoms with van der Waals surface area (Å²) in [6.07, 6.45) is 1.07. The van der Waals surface area contributed by atoms with Gasteiger partial charge in [-0.25, -0.2) is 0 Å². The molecule has 0 heterocycles. The third-order valence-corrected chi connectivity index (χ3v) is 3.08. The highest BCUT2D eigenvalue weighted by molar-refractivity contribution is 6.30. The SMILES string of the molecule is CC(Cc1ccccc1)c1ccc(Cl)cc1.N. The summed E-state index contributed by atoms with van der Waals surface area (Å²) in [7, 11) is 0. The van der Waals surface area contributed by atoms with Crippen LogP contribution >= 0.6 is 11.6 Å². The van der Waals surface area contributed by atoms with E-state index < -0.39 is 0 Å². The second-order valence-electron chi connectivity index (χ2n) is 4.14. The first-order valence-electron chi connectivity index (χ1n) is 5.55. The largest absolute Gasteiger partial charge is 0.344 e. The minimum Gasteiger partial charge on any atom is -0.344 e. The van der Waals surface area contributed by atoms with Crippen molar-refractivity contribution in [1.29, 1.82) is 0 Å². The Bertz CT molecular complexity index is 436. The summed E-state index contributed by atoms with van der Waals surface area (Å²) in [6.45, 7) is 2.25. The van der Waals surface area contributed by atoms with E-state index in [1.807, 2.05) is 12.1 Å². The lowest BCUT2D eigenvalue weighted by Crippen LogP contribution is -1.97. The molecule has 0 bridgehead atoms. The summed E-state index contributed by atoms with van der Waals surface area (Å²) >= 11 is 5.88. The summed E-state index contributed by atoms with van der Waals surface area (Å²) in [6, 6.07) is 18.7. The molecule has 0 saturated heterocycles. The van der Waals surface area contributed by atoms with Crippen LogP contribution in [0.2, 0.25) is 5.02 Å². The molecule has 0 aliphatic carbocycles. The molecule has 2 aromatic carbocycles. The highest BCUT2D eigenvalue weighted by Gasteiger charge is 2.05. The Morgan fingerprint density at radius 2 is 1.53 bits per heavy atom. The van der Waals surface area contributed by atoms with Crippen LogP contribution in [0, 0.1) is 0 Å². The van der Waals surface area contributed by atoms with E-state index in [1.165, 1.54) is 11.1 Å². The van der Waals surface area contributed by atoms with Crippen LogP contribution in [0.25, 0.3) is 0 Å². The first kappa shape index (κ1) is 13.8. The maximum absolute atomic E-state index is 5.88. The fourth-order valence-electron chi connectivity index (χ4n) is 1.88. The van der Waals surface area contributed by atoms with Crippen LogP contribution in [0.4, 0.5) is 0 Å². The predicted octanol–water partition coefficient (Wildman–Crippen LogP) is 4.85. The van der Waals surface area contributed by atoms with E-state index in [4.69, 9.17) is 11.6 Å². The van der Waals surface area contributed by atoms with Crippen LogP contribution < -0.4 is 6.15 Å². The van der Waals surface area contributed by atoms with Crippen LogP contribution in [0.1, 0.15) is 24.0 Å². The van der Waals surface area contributed by atoms with Crippen molar-refractivity contribution in [2.75, 3.05) is 0 Å².